The second-order valence-electron chi connectivity index (χ2n) is 4.39. The van der Waals surface area contributed by atoms with Crippen molar-refractivity contribution in [2.24, 2.45) is 5.10 Å². The van der Waals surface area contributed by atoms with Gasteiger partial charge in [0.1, 0.15) is 5.75 Å². The molecule has 21 heavy (non-hydrogen) atoms. The van der Waals surface area contributed by atoms with Crippen molar-refractivity contribution in [3.63, 3.8) is 0 Å². The summed E-state index contributed by atoms with van der Waals surface area (Å²) >= 11 is 5.20. The molecule has 0 heterocycles. The molecule has 5 heteroatoms. The van der Waals surface area contributed by atoms with E-state index in [1.165, 1.54) is 0 Å². The molecule has 2 aromatic carbocycles. The Morgan fingerprint density at radius 1 is 1.10 bits per heavy atom. The molecule has 4 nitrogen and oxygen atoms in total. The van der Waals surface area contributed by atoms with Gasteiger partial charge < -0.3 is 10.4 Å². The van der Waals surface area contributed by atoms with Crippen molar-refractivity contribution in [3.8, 4) is 5.75 Å². The van der Waals surface area contributed by atoms with Crippen molar-refractivity contribution >= 4 is 28.7 Å². The molecule has 0 aliphatic heterocycles. The zero-order chi connectivity index (χ0) is 15.1. The van der Waals surface area contributed by atoms with Gasteiger partial charge in [0, 0.05) is 5.69 Å². The molecule has 0 saturated carbocycles. The van der Waals surface area contributed by atoms with Crippen molar-refractivity contribution in [2.45, 2.75) is 13.3 Å². The predicted octanol–water partition coefficient (Wildman–Crippen LogP) is 3.49. The van der Waals surface area contributed by atoms with Crippen LogP contribution in [0.2, 0.25) is 0 Å². The van der Waals surface area contributed by atoms with E-state index >= 15 is 0 Å². The molecule has 2 rings (SSSR count). The van der Waals surface area contributed by atoms with Gasteiger partial charge in [0.15, 0.2) is 5.11 Å². The van der Waals surface area contributed by atoms with Crippen LogP contribution in [0.15, 0.2) is 59.7 Å². The minimum atomic E-state index is 0.239. The lowest BCUT2D eigenvalue weighted by molar-refractivity contribution is 0.475. The molecule has 108 valence electrons. The van der Waals surface area contributed by atoms with Crippen LogP contribution in [0.3, 0.4) is 0 Å². The van der Waals surface area contributed by atoms with Crippen molar-refractivity contribution in [1.82, 2.24) is 5.43 Å². The predicted molar refractivity (Wildman–Crippen MR) is 90.7 cm³/mol. The number of phenols is 1. The van der Waals surface area contributed by atoms with E-state index in [4.69, 9.17) is 12.2 Å². The van der Waals surface area contributed by atoms with Gasteiger partial charge in [0.2, 0.25) is 0 Å². The van der Waals surface area contributed by atoms with Crippen LogP contribution in [0.5, 0.6) is 5.75 Å². The summed E-state index contributed by atoms with van der Waals surface area (Å²) in [5.74, 6) is 0.239. The number of anilines is 1. The number of aromatic hydroxyl groups is 1. The third-order valence-electron chi connectivity index (χ3n) is 2.86. The number of thiocarbonyl (C=S) groups is 1. The lowest BCUT2D eigenvalue weighted by Gasteiger charge is -2.09. The van der Waals surface area contributed by atoms with Crippen LogP contribution in [0.4, 0.5) is 5.69 Å². The first-order valence-corrected chi connectivity index (χ1v) is 7.08. The number of benzene rings is 2. The van der Waals surface area contributed by atoms with Crippen LogP contribution >= 0.6 is 12.2 Å². The topological polar surface area (TPSA) is 56.7 Å². The number of hydrogen-bond donors (Lipinski definition) is 3. The number of para-hydroxylation sites is 1. The van der Waals surface area contributed by atoms with Gasteiger partial charge in [-0.25, -0.2) is 0 Å². The minimum Gasteiger partial charge on any atom is -0.508 e. The summed E-state index contributed by atoms with van der Waals surface area (Å²) in [7, 11) is 0. The zero-order valence-electron chi connectivity index (χ0n) is 11.7. The third-order valence-corrected chi connectivity index (χ3v) is 3.05. The minimum absolute atomic E-state index is 0.239. The molecule has 0 spiro atoms. The fourth-order valence-corrected chi connectivity index (χ4v) is 1.96. The highest BCUT2D eigenvalue weighted by Crippen LogP contribution is 2.11. The van der Waals surface area contributed by atoms with Crippen molar-refractivity contribution in [2.75, 3.05) is 5.32 Å². The second kappa shape index (κ2) is 7.40. The van der Waals surface area contributed by atoms with Gasteiger partial charge in [-0.1, -0.05) is 25.1 Å². The number of phenolic OH excluding ortho intramolecular Hbond substituents is 1. The molecule has 0 aliphatic carbocycles. The largest absolute Gasteiger partial charge is 0.508 e. The number of hydrazone groups is 1. The number of nitrogens with one attached hydrogen (secondary N) is 2. The molecule has 0 fully saturated rings. The normalized spacial score (nSPS) is 11.0. The van der Waals surface area contributed by atoms with E-state index in [-0.39, 0.29) is 5.75 Å². The average Bonchev–Trinajstić information content (AvgIpc) is 2.50. The maximum atomic E-state index is 9.31. The Balaban J connectivity index is 2.00. The van der Waals surface area contributed by atoms with Crippen LogP contribution in [0, 0.1) is 0 Å². The van der Waals surface area contributed by atoms with E-state index in [1.54, 1.807) is 12.1 Å². The summed E-state index contributed by atoms with van der Waals surface area (Å²) in [4.78, 5) is 0. The Kier molecular flexibility index (Phi) is 5.29. The number of rotatable bonds is 4. The molecule has 3 N–H and O–H groups in total. The Hall–Kier alpha value is -2.40. The smallest absolute Gasteiger partial charge is 0.191 e. The summed E-state index contributed by atoms with van der Waals surface area (Å²) < 4.78 is 0. The summed E-state index contributed by atoms with van der Waals surface area (Å²) in [5, 5.41) is 17.1. The molecule has 0 bridgehead atoms. The Labute approximate surface area is 129 Å². The van der Waals surface area contributed by atoms with Gasteiger partial charge in [0.25, 0.3) is 0 Å². The lowest BCUT2D eigenvalue weighted by Crippen LogP contribution is -2.25. The van der Waals surface area contributed by atoms with Gasteiger partial charge in [-0.05, 0) is 60.6 Å². The van der Waals surface area contributed by atoms with Crippen LogP contribution in [0.25, 0.3) is 0 Å². The van der Waals surface area contributed by atoms with Crippen molar-refractivity contribution in [3.05, 3.63) is 60.2 Å². The van der Waals surface area contributed by atoms with E-state index in [2.05, 4.69) is 15.8 Å². The number of hydrogen-bond acceptors (Lipinski definition) is 3. The molecule has 2 aromatic rings. The van der Waals surface area contributed by atoms with Gasteiger partial charge in [-0.15, -0.1) is 0 Å². The van der Waals surface area contributed by atoms with E-state index in [0.29, 0.717) is 5.11 Å². The van der Waals surface area contributed by atoms with Gasteiger partial charge in [0.05, 0.1) is 5.71 Å². The van der Waals surface area contributed by atoms with Gasteiger partial charge in [-0.3, -0.25) is 5.43 Å². The van der Waals surface area contributed by atoms with Crippen LogP contribution in [-0.4, -0.2) is 15.9 Å². The fourth-order valence-electron chi connectivity index (χ4n) is 1.80. The quantitative estimate of drug-likeness (QED) is 0.459. The van der Waals surface area contributed by atoms with Crippen LogP contribution in [0.1, 0.15) is 18.9 Å². The monoisotopic (exact) mass is 299 g/mol. The summed E-state index contributed by atoms with van der Waals surface area (Å²) in [6.45, 7) is 2.01. The first kappa shape index (κ1) is 15.0. The average molecular weight is 299 g/mol. The van der Waals surface area contributed by atoms with Gasteiger partial charge >= 0.3 is 0 Å². The maximum Gasteiger partial charge on any atom is 0.191 e. The molecule has 0 radical (unpaired) electrons. The van der Waals surface area contributed by atoms with Crippen LogP contribution < -0.4 is 10.7 Å². The lowest BCUT2D eigenvalue weighted by atomic mass is 10.1. The molecule has 0 amide bonds. The molecule has 0 atom stereocenters. The highest BCUT2D eigenvalue weighted by atomic mass is 32.1. The molecule has 0 aromatic heterocycles. The second-order valence-corrected chi connectivity index (χ2v) is 4.80. The SMILES string of the molecule is CC/C(=N/NC(=S)Nc1ccccc1)c1ccc(O)cc1. The molecule has 0 saturated heterocycles. The van der Waals surface area contributed by atoms with Crippen molar-refractivity contribution in [1.29, 1.82) is 0 Å². The van der Waals surface area contributed by atoms with Gasteiger partial charge in [-0.2, -0.15) is 5.10 Å². The van der Waals surface area contributed by atoms with E-state index in [1.807, 2.05) is 49.4 Å². The first-order chi connectivity index (χ1) is 10.2. The van der Waals surface area contributed by atoms with E-state index < -0.39 is 0 Å². The van der Waals surface area contributed by atoms with E-state index in [0.717, 1.165) is 23.4 Å². The Morgan fingerprint density at radius 2 is 1.76 bits per heavy atom. The molecule has 0 aliphatic rings. The summed E-state index contributed by atoms with van der Waals surface area (Å²) in [6, 6.07) is 16.6. The zero-order valence-corrected chi connectivity index (χ0v) is 12.5. The van der Waals surface area contributed by atoms with Crippen molar-refractivity contribution < 1.29 is 5.11 Å². The summed E-state index contributed by atoms with van der Waals surface area (Å²) in [6.07, 6.45) is 0.756. The van der Waals surface area contributed by atoms with E-state index in [9.17, 15) is 5.11 Å². The molecule has 0 unspecified atom stereocenters. The third kappa shape index (κ3) is 4.57. The standard InChI is InChI=1S/C16H17N3OS/c1-2-15(12-8-10-14(20)11-9-12)18-19-16(21)17-13-6-4-3-5-7-13/h3-11,20H,2H2,1H3,(H2,17,19,21)/b18-15-. The maximum absolute atomic E-state index is 9.31. The highest BCUT2D eigenvalue weighted by molar-refractivity contribution is 7.80. The Bertz CT molecular complexity index is 624. The van der Waals surface area contributed by atoms with Crippen LogP contribution in [-0.2, 0) is 0 Å². The fraction of sp³-hybridized carbons (Fsp3) is 0.125. The number of nitrogens with zero attached hydrogens (tertiary/aromatic N) is 1. The summed E-state index contributed by atoms with van der Waals surface area (Å²) in [5.41, 5.74) is 5.57. The first-order valence-electron chi connectivity index (χ1n) is 6.67. The molecular weight excluding hydrogens is 282 g/mol. The molecular formula is C16H17N3OS. The Morgan fingerprint density at radius 3 is 2.38 bits per heavy atom. The highest BCUT2D eigenvalue weighted by Gasteiger charge is 2.02.